The first-order valence-corrected chi connectivity index (χ1v) is 29.1. The number of hydrogen-bond donors (Lipinski definition) is 0. The maximum atomic E-state index is 3.84. The highest BCUT2D eigenvalue weighted by Gasteiger charge is 2.31. The molecule has 0 aliphatic rings. The average Bonchev–Trinajstić information content (AvgIpc) is 3.94. The first-order valence-electron chi connectivity index (χ1n) is 17.5. The van der Waals surface area contributed by atoms with Gasteiger partial charge in [0.05, 0.1) is 31.4 Å². The van der Waals surface area contributed by atoms with Crippen molar-refractivity contribution in [1.29, 1.82) is 0 Å². The summed E-state index contributed by atoms with van der Waals surface area (Å²) in [5.74, 6) is 0. The standard InChI is InChI=1S/C43H35BrS9Si/c1-22-8-12-28(45-22)26-20-34(51-40(26)30-14-10-24(3)47-30)38-39(35-21-27(29-13-9-23(2)46-29)41(52-35)31-15-11-25(4)48-31)43(33-17-19-37(50-33)54(5,6)7)53-42(38)32-16-18-36(44)49-32/h8-21H,1-7H3. The molecule has 0 fully saturated rings. The lowest BCUT2D eigenvalue weighted by Gasteiger charge is -2.12. The van der Waals surface area contributed by atoms with E-state index in [2.05, 4.69) is 148 Å². The molecule has 0 unspecified atom stereocenters. The van der Waals surface area contributed by atoms with Crippen LogP contribution < -0.4 is 4.50 Å². The summed E-state index contributed by atoms with van der Waals surface area (Å²) in [4.78, 5) is 21.6. The lowest BCUT2D eigenvalue weighted by atomic mass is 10.0. The van der Waals surface area contributed by atoms with Crippen molar-refractivity contribution in [2.75, 3.05) is 0 Å². The molecule has 0 aliphatic heterocycles. The minimum absolute atomic E-state index is 1.16. The summed E-state index contributed by atoms with van der Waals surface area (Å²) in [6, 6.07) is 32.8. The summed E-state index contributed by atoms with van der Waals surface area (Å²) in [7, 11) is -1.51. The summed E-state index contributed by atoms with van der Waals surface area (Å²) in [5, 5.41) is 0. The molecule has 0 saturated carbocycles. The van der Waals surface area contributed by atoms with E-state index in [4.69, 9.17) is 0 Å². The molecule has 0 radical (unpaired) electrons. The summed E-state index contributed by atoms with van der Waals surface area (Å²) in [6.45, 7) is 16.3. The van der Waals surface area contributed by atoms with E-state index in [9.17, 15) is 0 Å². The monoisotopic (exact) mass is 946 g/mol. The van der Waals surface area contributed by atoms with E-state index in [0.717, 1.165) is 3.79 Å². The highest BCUT2D eigenvalue weighted by Crippen LogP contribution is 2.60. The zero-order valence-corrected chi connectivity index (χ0v) is 40.6. The first-order chi connectivity index (χ1) is 25.9. The number of thiophene rings is 9. The number of halogens is 1. The van der Waals surface area contributed by atoms with Gasteiger partial charge >= 0.3 is 0 Å². The van der Waals surface area contributed by atoms with Crippen molar-refractivity contribution in [3.05, 3.63) is 108 Å². The van der Waals surface area contributed by atoms with Gasteiger partial charge in [0.1, 0.15) is 0 Å². The van der Waals surface area contributed by atoms with Crippen molar-refractivity contribution >= 4 is 131 Å². The third-order valence-electron chi connectivity index (χ3n) is 9.17. The lowest BCUT2D eigenvalue weighted by molar-refractivity contribution is 1.64. The minimum atomic E-state index is -1.51. The van der Waals surface area contributed by atoms with Crippen LogP contribution in [-0.2, 0) is 0 Å². The van der Waals surface area contributed by atoms with Crippen LogP contribution in [-0.4, -0.2) is 8.07 Å². The quantitative estimate of drug-likeness (QED) is 0.127. The Kier molecular flexibility index (Phi) is 10.3. The Morgan fingerprint density at radius 2 is 0.759 bits per heavy atom. The normalized spacial score (nSPS) is 12.1. The van der Waals surface area contributed by atoms with Crippen LogP contribution in [0.5, 0.6) is 0 Å². The highest BCUT2D eigenvalue weighted by atomic mass is 79.9. The fourth-order valence-electron chi connectivity index (χ4n) is 6.58. The van der Waals surface area contributed by atoms with Crippen molar-refractivity contribution in [2.45, 2.75) is 47.3 Å². The first kappa shape index (κ1) is 37.6. The van der Waals surface area contributed by atoms with Crippen LogP contribution in [0.15, 0.2) is 88.7 Å². The van der Waals surface area contributed by atoms with Crippen LogP contribution in [0, 0.1) is 27.7 Å². The zero-order chi connectivity index (χ0) is 37.5. The lowest BCUT2D eigenvalue weighted by Crippen LogP contribution is -2.34. The van der Waals surface area contributed by atoms with Crippen LogP contribution in [0.3, 0.4) is 0 Å². The number of aryl methyl sites for hydroxylation is 4. The molecule has 0 saturated heterocycles. The van der Waals surface area contributed by atoms with Gasteiger partial charge in [-0.25, -0.2) is 0 Å². The minimum Gasteiger partial charge on any atom is -0.144 e. The Hall–Kier alpha value is -2.00. The molecule has 0 N–H and O–H groups in total. The topological polar surface area (TPSA) is 0 Å². The molecule has 272 valence electrons. The molecular formula is C43H35BrS9Si. The highest BCUT2D eigenvalue weighted by molar-refractivity contribution is 9.11. The fraction of sp³-hybridized carbons (Fsp3) is 0.163. The number of hydrogen-bond acceptors (Lipinski definition) is 9. The van der Waals surface area contributed by atoms with Gasteiger partial charge in [-0.05, 0) is 127 Å². The van der Waals surface area contributed by atoms with Crippen molar-refractivity contribution in [3.63, 3.8) is 0 Å². The second-order valence-corrected chi connectivity index (χ2v) is 31.6. The SMILES string of the molecule is Cc1ccc(-c2cc(-c3c(-c4ccc(Br)s4)sc(-c4ccc([Si](C)(C)C)s4)c3-c3cc(-c4ccc(C)s4)c(-c4ccc(C)s4)s3)sc2-c2ccc(C)s2)s1. The van der Waals surface area contributed by atoms with E-state index in [1.807, 2.05) is 102 Å². The van der Waals surface area contributed by atoms with Crippen LogP contribution in [0.1, 0.15) is 19.5 Å². The predicted octanol–water partition coefficient (Wildman–Crippen LogP) is 18.1. The van der Waals surface area contributed by atoms with Crippen molar-refractivity contribution in [1.82, 2.24) is 0 Å². The second kappa shape index (κ2) is 14.7. The summed E-state index contributed by atoms with van der Waals surface area (Å²) < 4.78 is 2.71. The molecule has 9 heterocycles. The molecule has 54 heavy (non-hydrogen) atoms. The Morgan fingerprint density at radius 1 is 0.370 bits per heavy atom. The van der Waals surface area contributed by atoms with Crippen LogP contribution >= 0.6 is 118 Å². The average molecular weight is 948 g/mol. The van der Waals surface area contributed by atoms with Crippen molar-refractivity contribution in [2.24, 2.45) is 0 Å². The molecule has 0 bridgehead atoms. The van der Waals surface area contributed by atoms with Crippen molar-refractivity contribution < 1.29 is 0 Å². The van der Waals surface area contributed by atoms with E-state index < -0.39 is 8.07 Å². The third-order valence-corrected chi connectivity index (χ3v) is 23.8. The van der Waals surface area contributed by atoms with Gasteiger partial charge in [0.15, 0.2) is 0 Å². The Labute approximate surface area is 362 Å². The molecular weight excluding hydrogens is 913 g/mol. The smallest absolute Gasteiger partial charge is 0.0904 e. The van der Waals surface area contributed by atoms with Gasteiger partial charge in [0, 0.05) is 80.8 Å². The van der Waals surface area contributed by atoms with Gasteiger partial charge in [0.2, 0.25) is 0 Å². The Morgan fingerprint density at radius 3 is 1.13 bits per heavy atom. The maximum Gasteiger partial charge on any atom is 0.0904 e. The van der Waals surface area contributed by atoms with Crippen molar-refractivity contribution in [3.8, 4) is 80.8 Å². The zero-order valence-electron chi connectivity index (χ0n) is 30.6. The van der Waals surface area contributed by atoms with Gasteiger partial charge in [-0.3, -0.25) is 0 Å². The van der Waals surface area contributed by atoms with E-state index in [-0.39, 0.29) is 0 Å². The molecule has 0 atom stereocenters. The van der Waals surface area contributed by atoms with Gasteiger partial charge in [-0.15, -0.1) is 102 Å². The van der Waals surface area contributed by atoms with Gasteiger partial charge in [-0.2, -0.15) is 0 Å². The van der Waals surface area contributed by atoms with E-state index in [1.54, 1.807) is 4.50 Å². The molecule has 9 rings (SSSR count). The van der Waals surface area contributed by atoms with Gasteiger partial charge in [0.25, 0.3) is 0 Å². The molecule has 0 nitrogen and oxygen atoms in total. The Balaban J connectivity index is 1.38. The summed E-state index contributed by atoms with van der Waals surface area (Å²) in [6.07, 6.45) is 0. The van der Waals surface area contributed by atoms with E-state index in [1.165, 1.54) is 100 Å². The molecule has 0 amide bonds. The van der Waals surface area contributed by atoms with Crippen LogP contribution in [0.2, 0.25) is 19.6 Å². The predicted molar refractivity (Wildman–Crippen MR) is 260 cm³/mol. The molecule has 0 aromatic carbocycles. The molecule has 9 aromatic rings. The van der Waals surface area contributed by atoms with Crippen LogP contribution in [0.4, 0.5) is 0 Å². The molecule has 0 aliphatic carbocycles. The third kappa shape index (κ3) is 7.10. The summed E-state index contributed by atoms with van der Waals surface area (Å²) in [5.41, 5.74) is 5.45. The molecule has 0 spiro atoms. The molecule has 11 heteroatoms. The van der Waals surface area contributed by atoms with E-state index in [0.29, 0.717) is 0 Å². The Bertz CT molecular complexity index is 2670. The van der Waals surface area contributed by atoms with Gasteiger partial charge in [-0.1, -0.05) is 25.7 Å². The maximum absolute atomic E-state index is 3.84. The second-order valence-electron chi connectivity index (χ2n) is 14.4. The largest absolute Gasteiger partial charge is 0.144 e. The van der Waals surface area contributed by atoms with Crippen LogP contribution in [0.25, 0.3) is 80.8 Å². The summed E-state index contributed by atoms with van der Waals surface area (Å²) >= 11 is 21.3. The fourth-order valence-corrected chi connectivity index (χ4v) is 18.9. The van der Waals surface area contributed by atoms with Gasteiger partial charge < -0.3 is 0 Å². The van der Waals surface area contributed by atoms with E-state index >= 15 is 0 Å². The number of rotatable bonds is 9. The molecule has 9 aromatic heterocycles.